The van der Waals surface area contributed by atoms with Gasteiger partial charge in [0.15, 0.2) is 0 Å². The van der Waals surface area contributed by atoms with E-state index in [2.05, 4.69) is 0 Å². The van der Waals surface area contributed by atoms with Gasteiger partial charge in [0.2, 0.25) is 0 Å². The number of halogens is 3. The molecule has 1 saturated carbocycles. The quantitative estimate of drug-likeness (QED) is 0.585. The van der Waals surface area contributed by atoms with Crippen LogP contribution in [-0.2, 0) is 10.1 Å². The number of hydrogen-bond donors (Lipinski definition) is 1. The largest absolute Gasteiger partial charge is 0.285 e. The summed E-state index contributed by atoms with van der Waals surface area (Å²) in [6.45, 7) is 0. The summed E-state index contributed by atoms with van der Waals surface area (Å²) < 4.78 is 29.4. The van der Waals surface area contributed by atoms with Crippen LogP contribution in [0.2, 0.25) is 0 Å². The highest BCUT2D eigenvalue weighted by Crippen LogP contribution is 2.41. The number of alkyl halides is 3. The molecule has 0 aromatic heterocycles. The van der Waals surface area contributed by atoms with Crippen molar-refractivity contribution < 1.29 is 13.0 Å². The first-order valence-electron chi connectivity index (χ1n) is 3.70. The molecule has 1 N–H and O–H groups in total. The highest BCUT2D eigenvalue weighted by molar-refractivity contribution is 7.86. The molecular weight excluding hydrogens is 258 g/mol. The van der Waals surface area contributed by atoms with Crippen molar-refractivity contribution in [3.05, 3.63) is 0 Å². The molecule has 0 aliphatic heterocycles. The second-order valence-electron chi connectivity index (χ2n) is 3.17. The minimum Gasteiger partial charge on any atom is -0.285 e. The van der Waals surface area contributed by atoms with Crippen LogP contribution in [0.4, 0.5) is 0 Å². The van der Waals surface area contributed by atoms with E-state index in [1.54, 1.807) is 0 Å². The van der Waals surface area contributed by atoms with E-state index in [9.17, 15) is 8.42 Å². The van der Waals surface area contributed by atoms with Gasteiger partial charge in [0, 0.05) is 0 Å². The van der Waals surface area contributed by atoms with Crippen LogP contribution < -0.4 is 0 Å². The Morgan fingerprint density at radius 1 is 1.38 bits per heavy atom. The van der Waals surface area contributed by atoms with E-state index in [1.165, 1.54) is 0 Å². The van der Waals surface area contributed by atoms with Crippen LogP contribution >= 0.6 is 34.8 Å². The third-order valence-corrected chi connectivity index (χ3v) is 4.70. The number of hydrogen-bond acceptors (Lipinski definition) is 2. The predicted molar refractivity (Wildman–Crippen MR) is 53.3 cm³/mol. The van der Waals surface area contributed by atoms with Crippen molar-refractivity contribution in [3.8, 4) is 0 Å². The molecule has 78 valence electrons. The number of rotatable bonds is 1. The molecule has 1 aliphatic rings. The summed E-state index contributed by atoms with van der Waals surface area (Å²) in [7, 11) is -4.07. The van der Waals surface area contributed by atoms with Crippen molar-refractivity contribution in [2.45, 2.75) is 34.2 Å². The van der Waals surface area contributed by atoms with Gasteiger partial charge >= 0.3 is 0 Å². The predicted octanol–water partition coefficient (Wildman–Crippen LogP) is 2.21. The van der Waals surface area contributed by atoms with Crippen LogP contribution in [0, 0.1) is 0 Å². The fraction of sp³-hybridized carbons (Fsp3) is 1.00. The molecule has 0 aromatic rings. The highest BCUT2D eigenvalue weighted by atomic mass is 35.5. The second-order valence-corrected chi connectivity index (χ2v) is 7.00. The fourth-order valence-corrected chi connectivity index (χ4v) is 3.76. The van der Waals surface area contributed by atoms with Gasteiger partial charge in [0.25, 0.3) is 10.1 Å². The summed E-state index contributed by atoms with van der Waals surface area (Å²) in [5.41, 5.74) is 0. The second kappa shape index (κ2) is 3.74. The molecule has 0 bridgehead atoms. The Morgan fingerprint density at radius 3 is 2.31 bits per heavy atom. The Kier molecular flexibility index (Phi) is 3.41. The lowest BCUT2D eigenvalue weighted by atomic mass is 9.98. The van der Waals surface area contributed by atoms with Crippen LogP contribution in [0.15, 0.2) is 0 Å². The Hall–Kier alpha value is 0.780. The molecule has 2 unspecified atom stereocenters. The summed E-state index contributed by atoms with van der Waals surface area (Å²) in [4.78, 5) is 0. The van der Waals surface area contributed by atoms with E-state index in [0.29, 0.717) is 6.42 Å². The van der Waals surface area contributed by atoms with E-state index < -0.39 is 25.1 Å². The van der Waals surface area contributed by atoms with E-state index in [4.69, 9.17) is 39.4 Å². The maximum Gasteiger partial charge on any atom is 0.269 e. The monoisotopic (exact) mass is 266 g/mol. The Balaban J connectivity index is 2.76. The fourth-order valence-electron chi connectivity index (χ4n) is 1.39. The van der Waals surface area contributed by atoms with Gasteiger partial charge < -0.3 is 0 Å². The maximum absolute atomic E-state index is 10.8. The van der Waals surface area contributed by atoms with E-state index in [0.717, 1.165) is 0 Å². The van der Waals surface area contributed by atoms with Gasteiger partial charge in [0.05, 0.1) is 5.38 Å². The molecule has 13 heavy (non-hydrogen) atoms. The van der Waals surface area contributed by atoms with Crippen molar-refractivity contribution in [1.29, 1.82) is 0 Å². The Bertz CT molecular complexity index is 287. The van der Waals surface area contributed by atoms with Gasteiger partial charge in [-0.2, -0.15) is 8.42 Å². The maximum atomic E-state index is 10.8. The molecule has 0 radical (unpaired) electrons. The zero-order valence-electron chi connectivity index (χ0n) is 6.58. The molecule has 0 amide bonds. The van der Waals surface area contributed by atoms with Crippen LogP contribution in [0.25, 0.3) is 0 Å². The van der Waals surface area contributed by atoms with Crippen molar-refractivity contribution in [2.24, 2.45) is 0 Å². The minimum atomic E-state index is -4.07. The normalized spacial score (nSPS) is 34.5. The molecule has 7 heteroatoms. The third kappa shape index (κ3) is 3.13. The average molecular weight is 268 g/mol. The lowest BCUT2D eigenvalue weighted by Gasteiger charge is -2.32. The van der Waals surface area contributed by atoms with E-state index in [-0.39, 0.29) is 12.8 Å². The summed E-state index contributed by atoms with van der Waals surface area (Å²) in [6.07, 6.45) is 0.686. The zero-order chi connectivity index (χ0) is 10.3. The lowest BCUT2D eigenvalue weighted by Crippen LogP contribution is -2.40. The smallest absolute Gasteiger partial charge is 0.269 e. The molecular formula is C6H9Cl3O3S. The first-order chi connectivity index (χ1) is 5.72. The standard InChI is InChI=1S/C6H9Cl3O3S/c7-4-3-6(8,9)2-1-5(4)13(10,11)12/h4-5H,1-3H2,(H,10,11,12). The van der Waals surface area contributed by atoms with Crippen molar-refractivity contribution in [1.82, 2.24) is 0 Å². The van der Waals surface area contributed by atoms with Gasteiger partial charge in [-0.25, -0.2) is 0 Å². The average Bonchev–Trinajstić information content (AvgIpc) is 1.80. The van der Waals surface area contributed by atoms with Crippen LogP contribution in [0.5, 0.6) is 0 Å². The Labute approximate surface area is 92.1 Å². The summed E-state index contributed by atoms with van der Waals surface area (Å²) in [6, 6.07) is 0. The molecule has 0 spiro atoms. The van der Waals surface area contributed by atoms with Crippen LogP contribution in [0.3, 0.4) is 0 Å². The topological polar surface area (TPSA) is 54.4 Å². The zero-order valence-corrected chi connectivity index (χ0v) is 9.67. The van der Waals surface area contributed by atoms with Gasteiger partial charge in [-0.05, 0) is 19.3 Å². The Morgan fingerprint density at radius 2 is 1.92 bits per heavy atom. The highest BCUT2D eigenvalue weighted by Gasteiger charge is 2.42. The molecule has 1 aliphatic carbocycles. The summed E-state index contributed by atoms with van der Waals surface area (Å²) in [5, 5.41) is -1.67. The molecule has 1 fully saturated rings. The molecule has 3 nitrogen and oxygen atoms in total. The first kappa shape index (κ1) is 11.9. The van der Waals surface area contributed by atoms with Gasteiger partial charge in [0.1, 0.15) is 9.58 Å². The first-order valence-corrected chi connectivity index (χ1v) is 6.40. The van der Waals surface area contributed by atoms with Gasteiger partial charge in [-0.15, -0.1) is 34.8 Å². The lowest BCUT2D eigenvalue weighted by molar-refractivity contribution is 0.420. The van der Waals surface area contributed by atoms with Gasteiger partial charge in [-0.1, -0.05) is 0 Å². The molecule has 0 saturated heterocycles. The molecule has 1 rings (SSSR count). The molecule has 2 atom stereocenters. The molecule has 0 heterocycles. The van der Waals surface area contributed by atoms with Crippen molar-refractivity contribution >= 4 is 44.9 Å². The van der Waals surface area contributed by atoms with E-state index >= 15 is 0 Å². The summed E-state index contributed by atoms with van der Waals surface area (Å²) >= 11 is 17.3. The van der Waals surface area contributed by atoms with Crippen LogP contribution in [0.1, 0.15) is 19.3 Å². The van der Waals surface area contributed by atoms with E-state index in [1.807, 2.05) is 0 Å². The molecule has 0 aromatic carbocycles. The SMILES string of the molecule is O=S(=O)(O)C1CCC(Cl)(Cl)CC1Cl. The van der Waals surface area contributed by atoms with Gasteiger partial charge in [-0.3, -0.25) is 4.55 Å². The summed E-state index contributed by atoms with van der Waals surface area (Å²) in [5.74, 6) is 0. The van der Waals surface area contributed by atoms with Crippen molar-refractivity contribution in [3.63, 3.8) is 0 Å². The van der Waals surface area contributed by atoms with Crippen LogP contribution in [-0.4, -0.2) is 27.9 Å². The minimum absolute atomic E-state index is 0.169. The third-order valence-electron chi connectivity index (χ3n) is 2.07. The van der Waals surface area contributed by atoms with Crippen molar-refractivity contribution in [2.75, 3.05) is 0 Å².